The van der Waals surface area contributed by atoms with E-state index in [9.17, 15) is 9.59 Å². The number of aromatic nitrogens is 3. The fourth-order valence-corrected chi connectivity index (χ4v) is 3.19. The maximum absolute atomic E-state index is 12.2. The summed E-state index contributed by atoms with van der Waals surface area (Å²) in [5, 5.41) is 9.86. The Hall–Kier alpha value is -2.47. The molecular formula is C19H23N3O3. The molecule has 0 bridgehead atoms. The summed E-state index contributed by atoms with van der Waals surface area (Å²) in [6.07, 6.45) is 3.62. The largest absolute Gasteiger partial charge is 0.396 e. The molecule has 6 heteroatoms. The Labute approximate surface area is 145 Å². The minimum absolute atomic E-state index is 0.208. The van der Waals surface area contributed by atoms with Crippen molar-refractivity contribution in [3.8, 4) is 11.4 Å². The topological polar surface area (TPSA) is 88.0 Å². The molecule has 25 heavy (non-hydrogen) atoms. The Morgan fingerprint density at radius 2 is 1.76 bits per heavy atom. The third kappa shape index (κ3) is 3.49. The minimum Gasteiger partial charge on any atom is -0.396 e. The summed E-state index contributed by atoms with van der Waals surface area (Å²) in [5.41, 5.74) is 2.72. The first-order valence-electron chi connectivity index (χ1n) is 8.67. The number of rotatable bonds is 6. The highest BCUT2D eigenvalue weighted by Gasteiger charge is 2.17. The smallest absolute Gasteiger partial charge is 0.349 e. The first kappa shape index (κ1) is 17.4. The molecule has 2 aliphatic heterocycles. The molecule has 1 aromatic rings. The molecule has 6 nitrogen and oxygen atoms in total. The zero-order chi connectivity index (χ0) is 18.0. The number of aliphatic hydroxyl groups excluding tert-OH is 1. The third-order valence-electron chi connectivity index (χ3n) is 4.69. The number of H-pyrrole nitrogens is 1. The fourth-order valence-electron chi connectivity index (χ4n) is 3.19. The summed E-state index contributed by atoms with van der Waals surface area (Å²) in [5.74, 6) is 0.437. The van der Waals surface area contributed by atoms with Gasteiger partial charge in [-0.05, 0) is 61.4 Å². The lowest BCUT2D eigenvalue weighted by molar-refractivity contribution is 0.282. The number of unbranched alkanes of at least 4 members (excludes halogenated alkanes) is 3. The van der Waals surface area contributed by atoms with E-state index in [1.165, 1.54) is 0 Å². The first-order chi connectivity index (χ1) is 12.0. The van der Waals surface area contributed by atoms with E-state index in [0.717, 1.165) is 47.7 Å². The van der Waals surface area contributed by atoms with Crippen LogP contribution in [0.15, 0.2) is 27.8 Å². The van der Waals surface area contributed by atoms with Crippen LogP contribution in [0.2, 0.25) is 0 Å². The number of nitrogens with one attached hydrogen (secondary N) is 1. The van der Waals surface area contributed by atoms with Gasteiger partial charge in [0.15, 0.2) is 5.82 Å². The summed E-state index contributed by atoms with van der Waals surface area (Å²) in [6.45, 7) is 4.98. The van der Waals surface area contributed by atoms with E-state index >= 15 is 0 Å². The van der Waals surface area contributed by atoms with Crippen molar-refractivity contribution in [1.29, 1.82) is 0 Å². The number of aliphatic hydroxyl groups is 1. The van der Waals surface area contributed by atoms with E-state index in [4.69, 9.17) is 5.11 Å². The monoisotopic (exact) mass is 341 g/mol. The van der Waals surface area contributed by atoms with E-state index in [1.54, 1.807) is 0 Å². The van der Waals surface area contributed by atoms with Gasteiger partial charge in [-0.25, -0.2) is 4.79 Å². The quantitative estimate of drug-likeness (QED) is 0.532. The predicted molar refractivity (Wildman–Crippen MR) is 98.3 cm³/mol. The molecule has 2 aliphatic rings. The van der Waals surface area contributed by atoms with Crippen LogP contribution in [-0.2, 0) is 6.54 Å². The lowest BCUT2D eigenvalue weighted by atomic mass is 10.0. The van der Waals surface area contributed by atoms with Crippen LogP contribution in [0.5, 0.6) is 0 Å². The van der Waals surface area contributed by atoms with Crippen molar-refractivity contribution in [2.24, 2.45) is 0 Å². The molecule has 0 aliphatic carbocycles. The molecule has 2 N–H and O–H groups in total. The zero-order valence-electron chi connectivity index (χ0n) is 14.6. The van der Waals surface area contributed by atoms with E-state index in [2.05, 4.69) is 29.0 Å². The highest BCUT2D eigenvalue weighted by Crippen LogP contribution is 2.27. The van der Waals surface area contributed by atoms with Gasteiger partial charge in [0.2, 0.25) is 0 Å². The Morgan fingerprint density at radius 1 is 1.04 bits per heavy atom. The Balaban J connectivity index is 2.16. The van der Waals surface area contributed by atoms with Crippen molar-refractivity contribution in [2.45, 2.75) is 46.1 Å². The van der Waals surface area contributed by atoms with Gasteiger partial charge in [-0.1, -0.05) is 12.8 Å². The van der Waals surface area contributed by atoms with Crippen molar-refractivity contribution in [2.75, 3.05) is 6.61 Å². The minimum atomic E-state index is -0.616. The van der Waals surface area contributed by atoms with E-state index < -0.39 is 11.2 Å². The normalized spacial score (nSPS) is 11.5. The molecule has 0 amide bonds. The molecule has 0 radical (unpaired) electrons. The molecule has 0 fully saturated rings. The number of hydrogen-bond acceptors (Lipinski definition) is 4. The lowest BCUT2D eigenvalue weighted by Crippen LogP contribution is -2.27. The van der Waals surface area contributed by atoms with Crippen LogP contribution >= 0.6 is 0 Å². The van der Waals surface area contributed by atoms with Gasteiger partial charge in [-0.15, -0.1) is 0 Å². The molecule has 132 valence electrons. The van der Waals surface area contributed by atoms with Gasteiger partial charge in [-0.3, -0.25) is 9.78 Å². The second-order valence-corrected chi connectivity index (χ2v) is 6.54. The molecular weight excluding hydrogens is 318 g/mol. The number of benzene rings is 1. The molecule has 3 rings (SSSR count). The van der Waals surface area contributed by atoms with E-state index in [-0.39, 0.29) is 6.61 Å². The number of pyridine rings is 1. The molecule has 0 saturated carbocycles. The van der Waals surface area contributed by atoms with Gasteiger partial charge < -0.3 is 9.67 Å². The Morgan fingerprint density at radius 3 is 2.52 bits per heavy atom. The summed E-state index contributed by atoms with van der Waals surface area (Å²) in [7, 11) is 0. The summed E-state index contributed by atoms with van der Waals surface area (Å²) in [6, 6.07) is 5.97. The van der Waals surface area contributed by atoms with Crippen molar-refractivity contribution in [3.05, 3.63) is 50.2 Å². The number of fused-ring (bicyclic) bond motifs is 2. The summed E-state index contributed by atoms with van der Waals surface area (Å²) >= 11 is 0. The van der Waals surface area contributed by atoms with Crippen molar-refractivity contribution < 1.29 is 5.11 Å². The van der Waals surface area contributed by atoms with Crippen LogP contribution in [0.4, 0.5) is 0 Å². The highest BCUT2D eigenvalue weighted by atomic mass is 16.3. The van der Waals surface area contributed by atoms with Crippen molar-refractivity contribution >= 4 is 10.9 Å². The van der Waals surface area contributed by atoms with Crippen LogP contribution in [0.25, 0.3) is 22.3 Å². The van der Waals surface area contributed by atoms with E-state index in [0.29, 0.717) is 17.9 Å². The standard InChI is InChI=1S/C19H23N3O3/c1-12-9-14-11-15-17(20-19(25)21-18(15)24)22(16(14)10-13(12)2)7-5-3-4-6-8-23/h9-11,23H,3-8H2,1-2H3,(H,21,24,25). The molecule has 1 aromatic carbocycles. The summed E-state index contributed by atoms with van der Waals surface area (Å²) in [4.78, 5) is 30.3. The van der Waals surface area contributed by atoms with Gasteiger partial charge in [0.1, 0.15) is 0 Å². The van der Waals surface area contributed by atoms with Gasteiger partial charge in [0.25, 0.3) is 5.56 Å². The molecule has 2 heterocycles. The van der Waals surface area contributed by atoms with Crippen LogP contribution in [0.1, 0.15) is 36.8 Å². The molecule has 0 spiro atoms. The molecule has 0 aromatic heterocycles. The van der Waals surface area contributed by atoms with Gasteiger partial charge in [0.05, 0.1) is 5.56 Å². The van der Waals surface area contributed by atoms with Crippen LogP contribution in [-0.4, -0.2) is 26.2 Å². The first-order valence-corrected chi connectivity index (χ1v) is 8.67. The van der Waals surface area contributed by atoms with Gasteiger partial charge >= 0.3 is 5.69 Å². The second kappa shape index (κ2) is 7.19. The number of hydrogen-bond donors (Lipinski definition) is 2. The number of aromatic amines is 1. The Bertz CT molecular complexity index is 988. The predicted octanol–water partition coefficient (Wildman–Crippen LogP) is 2.36. The number of nitrogens with zero attached hydrogens (tertiary/aromatic N) is 2. The maximum Gasteiger partial charge on any atom is 0.349 e. The van der Waals surface area contributed by atoms with Crippen molar-refractivity contribution in [1.82, 2.24) is 14.5 Å². The SMILES string of the molecule is Cc1cc2cc3c(=O)[nH]c(=O)nc-3n(CCCCCCO)c2cc1C. The lowest BCUT2D eigenvalue weighted by Gasteiger charge is -2.18. The highest BCUT2D eigenvalue weighted by molar-refractivity contribution is 5.86. The van der Waals surface area contributed by atoms with Crippen molar-refractivity contribution in [3.63, 3.8) is 0 Å². The maximum atomic E-state index is 12.2. The Kier molecular flexibility index (Phi) is 4.99. The zero-order valence-corrected chi connectivity index (χ0v) is 14.6. The fraction of sp³-hybridized carbons (Fsp3) is 0.421. The van der Waals surface area contributed by atoms with Crippen LogP contribution < -0.4 is 11.2 Å². The summed E-state index contributed by atoms with van der Waals surface area (Å²) < 4.78 is 1.98. The third-order valence-corrected chi connectivity index (χ3v) is 4.69. The van der Waals surface area contributed by atoms with E-state index in [1.807, 2.05) is 17.6 Å². The van der Waals surface area contributed by atoms with Gasteiger partial charge in [0, 0.05) is 18.7 Å². The number of aryl methyl sites for hydroxylation is 3. The molecule has 0 unspecified atom stereocenters. The second-order valence-electron chi connectivity index (χ2n) is 6.54. The molecule has 0 saturated heterocycles. The van der Waals surface area contributed by atoms with Gasteiger partial charge in [-0.2, -0.15) is 4.98 Å². The molecule has 0 atom stereocenters. The van der Waals surface area contributed by atoms with Crippen LogP contribution in [0.3, 0.4) is 0 Å². The van der Waals surface area contributed by atoms with Crippen LogP contribution in [0, 0.1) is 13.8 Å². The average Bonchev–Trinajstić information content (AvgIpc) is 2.56. The average molecular weight is 341 g/mol.